The summed E-state index contributed by atoms with van der Waals surface area (Å²) in [5.74, 6) is -0.987. The number of fused-ring (bicyclic) bond motifs is 1. The lowest BCUT2D eigenvalue weighted by atomic mass is 10.2. The van der Waals surface area contributed by atoms with E-state index in [1.54, 1.807) is 6.92 Å². The van der Waals surface area contributed by atoms with Crippen molar-refractivity contribution >= 4 is 39.3 Å². The minimum Gasteiger partial charge on any atom is -0.325 e. The highest BCUT2D eigenvalue weighted by atomic mass is 32.2. The molecule has 1 aromatic carbocycles. The van der Waals surface area contributed by atoms with E-state index in [2.05, 4.69) is 16.4 Å². The first kappa shape index (κ1) is 21.8. The van der Waals surface area contributed by atoms with E-state index < -0.39 is 21.2 Å². The molecule has 30 heavy (non-hydrogen) atoms. The van der Waals surface area contributed by atoms with Crippen LogP contribution in [-0.2, 0) is 32.5 Å². The number of sulfonamides is 1. The summed E-state index contributed by atoms with van der Waals surface area (Å²) in [5, 5.41) is 12.1. The Morgan fingerprint density at radius 2 is 1.93 bits per heavy atom. The van der Waals surface area contributed by atoms with Gasteiger partial charge in [0.1, 0.15) is 11.1 Å². The molecule has 156 valence electrons. The predicted octanol–water partition coefficient (Wildman–Crippen LogP) is 2.39. The van der Waals surface area contributed by atoms with Gasteiger partial charge < -0.3 is 5.32 Å². The molecule has 2 aromatic rings. The van der Waals surface area contributed by atoms with Crippen LogP contribution in [0.1, 0.15) is 37.1 Å². The number of carbonyl (C=O) groups excluding carboxylic acids is 2. The number of hydrogen-bond donors (Lipinski definition) is 2. The zero-order chi connectivity index (χ0) is 21.9. The first-order chi connectivity index (χ1) is 14.2. The molecule has 3 rings (SSSR count). The van der Waals surface area contributed by atoms with Crippen molar-refractivity contribution in [3.8, 4) is 6.07 Å². The second-order valence-electron chi connectivity index (χ2n) is 6.85. The van der Waals surface area contributed by atoms with Gasteiger partial charge in [0.05, 0.1) is 15.7 Å². The zero-order valence-corrected chi connectivity index (χ0v) is 18.1. The van der Waals surface area contributed by atoms with E-state index in [4.69, 9.17) is 0 Å². The maximum Gasteiger partial charge on any atom is 0.264 e. The summed E-state index contributed by atoms with van der Waals surface area (Å²) in [7, 11) is -3.93. The molecule has 0 fully saturated rings. The van der Waals surface area contributed by atoms with E-state index in [0.29, 0.717) is 16.3 Å². The van der Waals surface area contributed by atoms with Crippen LogP contribution in [0.25, 0.3) is 0 Å². The molecular formula is C20H20N4O4S2. The Morgan fingerprint density at radius 3 is 2.57 bits per heavy atom. The van der Waals surface area contributed by atoms with E-state index in [0.717, 1.165) is 37.4 Å². The molecule has 1 aliphatic carbocycles. The van der Waals surface area contributed by atoms with Gasteiger partial charge >= 0.3 is 0 Å². The number of thioether (sulfide) groups is 1. The number of nitriles is 1. The Balaban J connectivity index is 1.68. The van der Waals surface area contributed by atoms with Crippen molar-refractivity contribution in [2.24, 2.45) is 0 Å². The highest BCUT2D eigenvalue weighted by Crippen LogP contribution is 2.30. The number of nitrogens with one attached hydrogen (secondary N) is 2. The number of nitrogens with zero attached hydrogens (tertiary/aromatic N) is 2. The molecule has 1 unspecified atom stereocenters. The smallest absolute Gasteiger partial charge is 0.264 e. The summed E-state index contributed by atoms with van der Waals surface area (Å²) in [6.07, 6.45) is 2.82. The largest absolute Gasteiger partial charge is 0.325 e. The van der Waals surface area contributed by atoms with E-state index in [-0.39, 0.29) is 10.8 Å². The van der Waals surface area contributed by atoms with Crippen molar-refractivity contribution in [1.29, 1.82) is 5.26 Å². The number of rotatable bonds is 6. The van der Waals surface area contributed by atoms with Gasteiger partial charge in [0.15, 0.2) is 0 Å². The maximum atomic E-state index is 12.6. The summed E-state index contributed by atoms with van der Waals surface area (Å²) in [5.41, 5.74) is 2.96. The van der Waals surface area contributed by atoms with Crippen LogP contribution >= 0.6 is 11.8 Å². The summed E-state index contributed by atoms with van der Waals surface area (Å²) in [6.45, 7) is 2.82. The lowest BCUT2D eigenvalue weighted by Gasteiger charge is -2.13. The normalized spacial score (nSPS) is 13.8. The quantitative estimate of drug-likeness (QED) is 0.655. The number of benzene rings is 1. The number of aromatic nitrogens is 1. The number of hydrogen-bond acceptors (Lipinski definition) is 7. The highest BCUT2D eigenvalue weighted by molar-refractivity contribution is 8.00. The molecule has 0 radical (unpaired) electrons. The molecule has 0 bridgehead atoms. The van der Waals surface area contributed by atoms with Crippen molar-refractivity contribution in [2.75, 3.05) is 5.32 Å². The fraction of sp³-hybridized carbons (Fsp3) is 0.300. The van der Waals surface area contributed by atoms with Crippen LogP contribution in [0.4, 0.5) is 5.69 Å². The lowest BCUT2D eigenvalue weighted by molar-refractivity contribution is -0.117. The average molecular weight is 445 g/mol. The van der Waals surface area contributed by atoms with Gasteiger partial charge in [-0.2, -0.15) is 5.26 Å². The van der Waals surface area contributed by atoms with E-state index >= 15 is 0 Å². The fourth-order valence-electron chi connectivity index (χ4n) is 3.05. The zero-order valence-electron chi connectivity index (χ0n) is 16.4. The molecule has 8 nitrogen and oxygen atoms in total. The molecule has 0 saturated carbocycles. The molecule has 1 aliphatic rings. The van der Waals surface area contributed by atoms with Crippen molar-refractivity contribution in [3.05, 3.63) is 47.2 Å². The SMILES string of the molecule is CC(=O)NS(=O)(=O)c1ccc(NC(=O)C(C)Sc2nc3c(cc2C#N)CCC3)cc1. The second-order valence-corrected chi connectivity index (χ2v) is 9.86. The molecule has 0 saturated heterocycles. The Labute approximate surface area is 179 Å². The van der Waals surface area contributed by atoms with Crippen LogP contribution in [0.5, 0.6) is 0 Å². The monoisotopic (exact) mass is 444 g/mol. The summed E-state index contributed by atoms with van der Waals surface area (Å²) < 4.78 is 25.8. The maximum absolute atomic E-state index is 12.6. The predicted molar refractivity (Wildman–Crippen MR) is 112 cm³/mol. The standard InChI is InChI=1S/C20H20N4O4S2/c1-12(29-20-15(11-21)10-14-4-3-5-18(14)23-20)19(26)22-16-6-8-17(9-7-16)30(27,28)24-13(2)25/h6-10,12H,3-5H2,1-2H3,(H,22,26)(H,24,25). The fourth-order valence-corrected chi connectivity index (χ4v) is 4.94. The topological polar surface area (TPSA) is 129 Å². The first-order valence-electron chi connectivity index (χ1n) is 9.23. The van der Waals surface area contributed by atoms with E-state index in [1.165, 1.54) is 36.0 Å². The van der Waals surface area contributed by atoms with Gasteiger partial charge in [-0.05, 0) is 62.1 Å². The third-order valence-corrected chi connectivity index (χ3v) is 7.06. The van der Waals surface area contributed by atoms with Gasteiger partial charge in [0.25, 0.3) is 10.0 Å². The molecule has 2 amide bonds. The average Bonchev–Trinajstić information content (AvgIpc) is 3.14. The van der Waals surface area contributed by atoms with Gasteiger partial charge in [-0.3, -0.25) is 9.59 Å². The minimum absolute atomic E-state index is 0.0841. The molecule has 10 heteroatoms. The van der Waals surface area contributed by atoms with Gasteiger partial charge in [0, 0.05) is 18.3 Å². The van der Waals surface area contributed by atoms with E-state index in [1.807, 2.05) is 10.8 Å². The van der Waals surface area contributed by atoms with Crippen LogP contribution in [0.15, 0.2) is 40.3 Å². The van der Waals surface area contributed by atoms with Crippen molar-refractivity contribution in [2.45, 2.75) is 48.3 Å². The second kappa shape index (κ2) is 8.85. The molecule has 0 aliphatic heterocycles. The Hall–Kier alpha value is -2.90. The first-order valence-corrected chi connectivity index (χ1v) is 11.6. The molecule has 1 atom stereocenters. The lowest BCUT2D eigenvalue weighted by Crippen LogP contribution is -2.28. The molecule has 2 N–H and O–H groups in total. The Bertz CT molecular complexity index is 1140. The Morgan fingerprint density at radius 1 is 1.23 bits per heavy atom. The molecule has 0 spiro atoms. The number of aryl methyl sites for hydroxylation is 2. The number of carbonyl (C=O) groups is 2. The third kappa shape index (κ3) is 4.98. The number of amides is 2. The molecule has 1 aromatic heterocycles. The van der Waals surface area contributed by atoms with Crippen LogP contribution in [0.3, 0.4) is 0 Å². The number of pyridine rings is 1. The minimum atomic E-state index is -3.93. The van der Waals surface area contributed by atoms with Gasteiger partial charge in [-0.25, -0.2) is 18.1 Å². The van der Waals surface area contributed by atoms with E-state index in [9.17, 15) is 23.3 Å². The van der Waals surface area contributed by atoms with Gasteiger partial charge in [0.2, 0.25) is 11.8 Å². The summed E-state index contributed by atoms with van der Waals surface area (Å²) in [4.78, 5) is 28.1. The summed E-state index contributed by atoms with van der Waals surface area (Å²) in [6, 6.07) is 9.49. The van der Waals surface area contributed by atoms with Crippen LogP contribution < -0.4 is 10.0 Å². The van der Waals surface area contributed by atoms with Gasteiger partial charge in [-0.1, -0.05) is 11.8 Å². The third-order valence-electron chi connectivity index (χ3n) is 4.50. The van der Waals surface area contributed by atoms with Gasteiger partial charge in [-0.15, -0.1) is 0 Å². The summed E-state index contributed by atoms with van der Waals surface area (Å²) >= 11 is 1.21. The highest BCUT2D eigenvalue weighted by Gasteiger charge is 2.22. The van der Waals surface area contributed by atoms with Crippen molar-refractivity contribution < 1.29 is 18.0 Å². The molecule has 1 heterocycles. The number of anilines is 1. The molecular weight excluding hydrogens is 424 g/mol. The van der Waals surface area contributed by atoms with Crippen LogP contribution in [0, 0.1) is 11.3 Å². The van der Waals surface area contributed by atoms with Crippen LogP contribution in [0.2, 0.25) is 0 Å². The van der Waals surface area contributed by atoms with Crippen LogP contribution in [-0.4, -0.2) is 30.5 Å². The van der Waals surface area contributed by atoms with Crippen molar-refractivity contribution in [3.63, 3.8) is 0 Å². The van der Waals surface area contributed by atoms with Crippen molar-refractivity contribution in [1.82, 2.24) is 9.71 Å². The Kier molecular flexibility index (Phi) is 6.43.